The van der Waals surface area contributed by atoms with E-state index in [0.29, 0.717) is 11.4 Å². The molecule has 1 aliphatic heterocycles. The largest absolute Gasteiger partial charge is 0.347 e. The highest BCUT2D eigenvalue weighted by Gasteiger charge is 2.20. The Morgan fingerprint density at radius 1 is 1.14 bits per heavy atom. The molecule has 8 heteroatoms. The first-order valence-electron chi connectivity index (χ1n) is 12.7. The molecular weight excluding hydrogens is 498 g/mol. The van der Waals surface area contributed by atoms with Gasteiger partial charge in [0.15, 0.2) is 0 Å². The predicted octanol–water partition coefficient (Wildman–Crippen LogP) is 7.16. The highest BCUT2D eigenvalue weighted by molar-refractivity contribution is 7.99. The molecule has 0 fully saturated rings. The number of allylic oxidation sites excluding steroid dienone is 1. The maximum Gasteiger partial charge on any atom is 0.263 e. The van der Waals surface area contributed by atoms with Crippen molar-refractivity contribution in [3.8, 4) is 11.3 Å². The van der Waals surface area contributed by atoms with Crippen LogP contribution in [-0.4, -0.2) is 37.3 Å². The normalized spacial score (nSPS) is 13.6. The quantitative estimate of drug-likeness (QED) is 0.284. The van der Waals surface area contributed by atoms with Gasteiger partial charge in [-0.15, -0.1) is 11.3 Å². The zero-order valence-electron chi connectivity index (χ0n) is 22.4. The van der Waals surface area contributed by atoms with E-state index in [0.717, 1.165) is 62.0 Å². The van der Waals surface area contributed by atoms with Gasteiger partial charge in [-0.25, -0.2) is 15.0 Å². The summed E-state index contributed by atoms with van der Waals surface area (Å²) >= 11 is 3.42. The van der Waals surface area contributed by atoms with Gasteiger partial charge in [0.1, 0.15) is 16.9 Å². The number of aromatic nitrogens is 4. The summed E-state index contributed by atoms with van der Waals surface area (Å²) in [6.45, 7) is 12.8. The lowest BCUT2D eigenvalue weighted by Crippen LogP contribution is -2.22. The van der Waals surface area contributed by atoms with Gasteiger partial charge in [-0.1, -0.05) is 52.8 Å². The van der Waals surface area contributed by atoms with E-state index < -0.39 is 0 Å². The number of hydrogen-bond donors (Lipinski definition) is 2. The van der Waals surface area contributed by atoms with Gasteiger partial charge < -0.3 is 10.3 Å². The van der Waals surface area contributed by atoms with Crippen molar-refractivity contribution < 1.29 is 4.79 Å². The molecule has 4 aromatic rings. The Morgan fingerprint density at radius 2 is 1.95 bits per heavy atom. The number of carbonyl (C=O) groups is 1. The maximum absolute atomic E-state index is 12.7. The van der Waals surface area contributed by atoms with E-state index in [4.69, 9.17) is 0 Å². The molecular formula is C29H35N5OS2. The molecule has 194 valence electrons. The third kappa shape index (κ3) is 6.13. The molecule has 0 unspecified atom stereocenters. The topological polar surface area (TPSA) is 83.6 Å². The van der Waals surface area contributed by atoms with Gasteiger partial charge in [-0.3, -0.25) is 4.79 Å². The average molecular weight is 534 g/mol. The van der Waals surface area contributed by atoms with Crippen LogP contribution in [0.15, 0.2) is 42.9 Å². The lowest BCUT2D eigenvalue weighted by molar-refractivity contribution is 0.0954. The van der Waals surface area contributed by atoms with E-state index in [2.05, 4.69) is 83.3 Å². The zero-order chi connectivity index (χ0) is 26.6. The van der Waals surface area contributed by atoms with Crippen LogP contribution in [-0.2, 0) is 12.0 Å². The first kappa shape index (κ1) is 27.1. The van der Waals surface area contributed by atoms with Crippen LogP contribution >= 0.6 is 23.1 Å². The Balaban J connectivity index is 0.00000156. The second kappa shape index (κ2) is 11.6. The molecule has 1 aromatic carbocycles. The van der Waals surface area contributed by atoms with Crippen molar-refractivity contribution in [1.82, 2.24) is 25.3 Å². The van der Waals surface area contributed by atoms with Gasteiger partial charge in [0, 0.05) is 34.4 Å². The molecule has 2 N–H and O–H groups in total. The average Bonchev–Trinajstić information content (AvgIpc) is 3.57. The lowest BCUT2D eigenvalue weighted by atomic mass is 9.98. The van der Waals surface area contributed by atoms with Crippen LogP contribution in [0.5, 0.6) is 0 Å². The summed E-state index contributed by atoms with van der Waals surface area (Å²) in [7, 11) is 0. The Hall–Kier alpha value is -2.97. The minimum atomic E-state index is -0.0887. The highest BCUT2D eigenvalue weighted by Crippen LogP contribution is 2.32. The van der Waals surface area contributed by atoms with Crippen LogP contribution in [0.3, 0.4) is 0 Å². The van der Waals surface area contributed by atoms with Crippen molar-refractivity contribution in [2.45, 2.75) is 59.9 Å². The summed E-state index contributed by atoms with van der Waals surface area (Å²) < 4.78 is 0. The fraction of sp³-hybridized carbons (Fsp3) is 0.379. The third-order valence-electron chi connectivity index (χ3n) is 6.16. The number of aromatic amines is 1. The first-order valence-corrected chi connectivity index (χ1v) is 14.7. The van der Waals surface area contributed by atoms with E-state index in [1.807, 2.05) is 25.6 Å². The smallest absolute Gasteiger partial charge is 0.263 e. The minimum Gasteiger partial charge on any atom is -0.347 e. The molecule has 0 bridgehead atoms. The van der Waals surface area contributed by atoms with Crippen molar-refractivity contribution >= 4 is 45.6 Å². The number of thioether (sulfide) groups is 1. The second-order valence-corrected chi connectivity index (χ2v) is 12.0. The Labute approximate surface area is 227 Å². The number of nitrogens with one attached hydrogen (secondary N) is 2. The summed E-state index contributed by atoms with van der Waals surface area (Å²) in [6.07, 6.45) is 6.66. The van der Waals surface area contributed by atoms with Gasteiger partial charge >= 0.3 is 0 Å². The van der Waals surface area contributed by atoms with Gasteiger partial charge in [-0.05, 0) is 47.9 Å². The molecule has 5 rings (SSSR count). The van der Waals surface area contributed by atoms with Crippen molar-refractivity contribution in [3.05, 3.63) is 69.6 Å². The van der Waals surface area contributed by atoms with Crippen LogP contribution in [0.1, 0.15) is 72.5 Å². The SMILES string of the molecule is CC.Cc1cc(-c2ncnc3[nH]c(C4=CCSCC4)cc23)ccc1CNC(=O)c1cnc(C(C)(C)C)s1. The number of fused-ring (bicyclic) bond motifs is 1. The number of amides is 1. The van der Waals surface area contributed by atoms with E-state index in [-0.39, 0.29) is 11.3 Å². The molecule has 1 aliphatic rings. The van der Waals surface area contributed by atoms with Crippen molar-refractivity contribution in [3.63, 3.8) is 0 Å². The Kier molecular flexibility index (Phi) is 8.49. The molecule has 0 radical (unpaired) electrons. The summed E-state index contributed by atoms with van der Waals surface area (Å²) in [5.74, 6) is 2.12. The van der Waals surface area contributed by atoms with Gasteiger partial charge in [0.05, 0.1) is 16.9 Å². The van der Waals surface area contributed by atoms with Crippen LogP contribution in [0.4, 0.5) is 0 Å². The van der Waals surface area contributed by atoms with Crippen LogP contribution in [0, 0.1) is 6.92 Å². The van der Waals surface area contributed by atoms with E-state index in [1.165, 1.54) is 16.9 Å². The summed E-state index contributed by atoms with van der Waals surface area (Å²) in [6, 6.07) is 8.46. The molecule has 1 amide bonds. The van der Waals surface area contributed by atoms with Crippen molar-refractivity contribution in [1.29, 1.82) is 0 Å². The van der Waals surface area contributed by atoms with Crippen LogP contribution in [0.25, 0.3) is 27.9 Å². The molecule has 0 saturated heterocycles. The molecule has 4 heterocycles. The maximum atomic E-state index is 12.7. The van der Waals surface area contributed by atoms with Gasteiger partial charge in [0.25, 0.3) is 5.91 Å². The number of rotatable bonds is 5. The number of hydrogen-bond acceptors (Lipinski definition) is 6. The number of thiazole rings is 1. The standard InChI is InChI=1S/C27H29N5OS2.C2H6/c1-16-11-18(5-6-19(16)13-28-25(33)22-14-29-26(35-22)27(2,3)4)23-20-12-21(17-7-9-34-10-8-17)32-24(20)31-15-30-23;1-2/h5-7,11-12,14-15H,8-10,13H2,1-4H3,(H,28,33)(H,30,31,32);1-2H3. The number of nitrogens with zero attached hydrogens (tertiary/aromatic N) is 3. The fourth-order valence-electron chi connectivity index (χ4n) is 4.14. The van der Waals surface area contributed by atoms with Crippen LogP contribution in [0.2, 0.25) is 0 Å². The second-order valence-electron chi connectivity index (χ2n) is 9.83. The molecule has 0 spiro atoms. The lowest BCUT2D eigenvalue weighted by Gasteiger charge is -2.13. The molecule has 6 nitrogen and oxygen atoms in total. The number of H-pyrrole nitrogens is 1. The summed E-state index contributed by atoms with van der Waals surface area (Å²) in [5.41, 5.74) is 7.43. The minimum absolute atomic E-state index is 0.0608. The summed E-state index contributed by atoms with van der Waals surface area (Å²) in [5, 5.41) is 5.04. The van der Waals surface area contributed by atoms with Gasteiger partial charge in [-0.2, -0.15) is 11.8 Å². The first-order chi connectivity index (χ1) is 17.8. The van der Waals surface area contributed by atoms with E-state index >= 15 is 0 Å². The van der Waals surface area contributed by atoms with Crippen molar-refractivity contribution in [2.24, 2.45) is 0 Å². The summed E-state index contributed by atoms with van der Waals surface area (Å²) in [4.78, 5) is 30.3. The molecule has 3 aromatic heterocycles. The van der Waals surface area contributed by atoms with E-state index in [9.17, 15) is 4.79 Å². The predicted molar refractivity (Wildman–Crippen MR) is 157 cm³/mol. The molecule has 0 saturated carbocycles. The molecule has 0 atom stereocenters. The molecule has 0 aliphatic carbocycles. The number of benzene rings is 1. The fourth-order valence-corrected chi connectivity index (χ4v) is 5.88. The van der Waals surface area contributed by atoms with Gasteiger partial charge in [0.2, 0.25) is 0 Å². The van der Waals surface area contributed by atoms with Crippen LogP contribution < -0.4 is 5.32 Å². The number of aryl methyl sites for hydroxylation is 1. The molecule has 37 heavy (non-hydrogen) atoms. The van der Waals surface area contributed by atoms with Crippen molar-refractivity contribution in [2.75, 3.05) is 11.5 Å². The van der Waals surface area contributed by atoms with E-state index in [1.54, 1.807) is 12.5 Å². The highest BCUT2D eigenvalue weighted by atomic mass is 32.2. The number of carbonyl (C=O) groups excluding carboxylic acids is 1. The zero-order valence-corrected chi connectivity index (χ0v) is 24.1. The Morgan fingerprint density at radius 3 is 2.62 bits per heavy atom. The third-order valence-corrected chi connectivity index (χ3v) is 8.48. The Bertz CT molecular complexity index is 1430. The monoisotopic (exact) mass is 533 g/mol.